The van der Waals surface area contributed by atoms with E-state index >= 15 is 0 Å². The monoisotopic (exact) mass is 386 g/mol. The molecule has 26 heavy (non-hydrogen) atoms. The summed E-state index contributed by atoms with van der Waals surface area (Å²) in [5.74, 6) is -2.50. The van der Waals surface area contributed by atoms with Crippen LogP contribution in [0, 0.1) is 16.0 Å². The molecule has 0 bridgehead atoms. The van der Waals surface area contributed by atoms with Gasteiger partial charge in [0, 0.05) is 12.1 Å². The van der Waals surface area contributed by atoms with Gasteiger partial charge in [-0.1, -0.05) is 31.9 Å². The average molecular weight is 387 g/mol. The Labute approximate surface area is 154 Å². The predicted molar refractivity (Wildman–Crippen MR) is 91.8 cm³/mol. The quantitative estimate of drug-likeness (QED) is 0.412. The first-order valence-corrected chi connectivity index (χ1v) is 8.07. The summed E-state index contributed by atoms with van der Waals surface area (Å²) in [4.78, 5) is 45.8. The molecular formula is C16H19ClN2O7. The van der Waals surface area contributed by atoms with Crippen molar-refractivity contribution >= 4 is 35.1 Å². The van der Waals surface area contributed by atoms with Crippen molar-refractivity contribution in [2.45, 2.75) is 26.3 Å². The normalized spacial score (nSPS) is 12.6. The van der Waals surface area contributed by atoms with E-state index in [9.17, 15) is 24.5 Å². The SMILES string of the molecule is CC[C@H](C)[C@H](NC(=O)COC(=O)c1cc([N+](=O)[O-])ccc1Cl)C(=O)OC. The van der Waals surface area contributed by atoms with Crippen molar-refractivity contribution in [3.63, 3.8) is 0 Å². The Hall–Kier alpha value is -2.68. The van der Waals surface area contributed by atoms with Crippen LogP contribution >= 0.6 is 11.6 Å². The lowest BCUT2D eigenvalue weighted by atomic mass is 9.99. The molecule has 0 aliphatic rings. The molecule has 2 atom stereocenters. The molecule has 0 fully saturated rings. The highest BCUT2D eigenvalue weighted by Crippen LogP contribution is 2.22. The molecule has 0 heterocycles. The van der Waals surface area contributed by atoms with Gasteiger partial charge in [-0.2, -0.15) is 0 Å². The minimum absolute atomic E-state index is 0.0481. The van der Waals surface area contributed by atoms with Gasteiger partial charge in [-0.15, -0.1) is 0 Å². The molecule has 10 heteroatoms. The van der Waals surface area contributed by atoms with E-state index in [1.54, 1.807) is 6.92 Å². The molecule has 0 radical (unpaired) electrons. The van der Waals surface area contributed by atoms with Crippen molar-refractivity contribution < 1.29 is 28.8 Å². The highest BCUT2D eigenvalue weighted by molar-refractivity contribution is 6.33. The van der Waals surface area contributed by atoms with Gasteiger partial charge in [-0.05, 0) is 12.0 Å². The van der Waals surface area contributed by atoms with Gasteiger partial charge in [0.2, 0.25) is 0 Å². The second-order valence-electron chi connectivity index (χ2n) is 5.45. The zero-order chi connectivity index (χ0) is 19.9. The Morgan fingerprint density at radius 1 is 1.35 bits per heavy atom. The standard InChI is InChI=1S/C16H19ClN2O7/c1-4-9(2)14(16(22)25-3)18-13(20)8-26-15(21)11-7-10(19(23)24)5-6-12(11)17/h5-7,9,14H,4,8H2,1-3H3,(H,18,20)/t9-,14-/m0/s1. The summed E-state index contributed by atoms with van der Waals surface area (Å²) >= 11 is 5.83. The van der Waals surface area contributed by atoms with Crippen LogP contribution in [0.4, 0.5) is 5.69 Å². The first kappa shape index (κ1) is 21.4. The second-order valence-corrected chi connectivity index (χ2v) is 5.86. The Balaban J connectivity index is 2.75. The Kier molecular flexibility index (Phi) is 7.98. The summed E-state index contributed by atoms with van der Waals surface area (Å²) in [5.41, 5.74) is -0.576. The topological polar surface area (TPSA) is 125 Å². The van der Waals surface area contributed by atoms with E-state index < -0.39 is 35.4 Å². The molecule has 1 amide bonds. The number of nitrogens with zero attached hydrogens (tertiary/aromatic N) is 1. The number of methoxy groups -OCH3 is 1. The van der Waals surface area contributed by atoms with E-state index in [2.05, 4.69) is 10.1 Å². The van der Waals surface area contributed by atoms with E-state index in [0.717, 1.165) is 12.1 Å². The van der Waals surface area contributed by atoms with Crippen molar-refractivity contribution in [2.75, 3.05) is 13.7 Å². The van der Waals surface area contributed by atoms with Gasteiger partial charge in [0.15, 0.2) is 6.61 Å². The number of carbonyl (C=O) groups excluding carboxylic acids is 3. The Bertz CT molecular complexity index is 708. The molecule has 1 aromatic rings. The molecule has 0 saturated carbocycles. The first-order chi connectivity index (χ1) is 12.2. The van der Waals surface area contributed by atoms with Gasteiger partial charge < -0.3 is 14.8 Å². The number of hydrogen-bond donors (Lipinski definition) is 1. The summed E-state index contributed by atoms with van der Waals surface area (Å²) in [6.07, 6.45) is 0.614. The van der Waals surface area contributed by atoms with Crippen molar-refractivity contribution in [3.05, 3.63) is 38.9 Å². The molecular weight excluding hydrogens is 368 g/mol. The first-order valence-electron chi connectivity index (χ1n) is 7.69. The maximum Gasteiger partial charge on any atom is 0.340 e. The largest absolute Gasteiger partial charge is 0.467 e. The summed E-state index contributed by atoms with van der Waals surface area (Å²) in [5, 5.41) is 13.2. The number of amides is 1. The zero-order valence-electron chi connectivity index (χ0n) is 14.5. The van der Waals surface area contributed by atoms with Crippen LogP contribution in [-0.2, 0) is 19.1 Å². The van der Waals surface area contributed by atoms with E-state index in [4.69, 9.17) is 16.3 Å². The van der Waals surface area contributed by atoms with E-state index in [1.165, 1.54) is 13.2 Å². The van der Waals surface area contributed by atoms with Crippen molar-refractivity contribution in [2.24, 2.45) is 5.92 Å². The molecule has 9 nitrogen and oxygen atoms in total. The van der Waals surface area contributed by atoms with Crippen LogP contribution < -0.4 is 5.32 Å². The Morgan fingerprint density at radius 2 is 2.00 bits per heavy atom. The van der Waals surface area contributed by atoms with E-state index in [0.29, 0.717) is 6.42 Å². The van der Waals surface area contributed by atoms with Gasteiger partial charge in [0.1, 0.15) is 6.04 Å². The fourth-order valence-electron chi connectivity index (χ4n) is 2.00. The maximum atomic E-state index is 12.0. The lowest BCUT2D eigenvalue weighted by molar-refractivity contribution is -0.384. The molecule has 0 aromatic heterocycles. The smallest absolute Gasteiger partial charge is 0.340 e. The average Bonchev–Trinajstić information content (AvgIpc) is 2.62. The number of hydrogen-bond acceptors (Lipinski definition) is 7. The van der Waals surface area contributed by atoms with Crippen molar-refractivity contribution in [1.29, 1.82) is 0 Å². The lowest BCUT2D eigenvalue weighted by Gasteiger charge is -2.21. The number of nitro groups is 1. The van der Waals surface area contributed by atoms with Crippen molar-refractivity contribution in [1.82, 2.24) is 5.32 Å². The fourth-order valence-corrected chi connectivity index (χ4v) is 2.20. The van der Waals surface area contributed by atoms with Crippen LogP contribution in [0.3, 0.4) is 0 Å². The highest BCUT2D eigenvalue weighted by Gasteiger charge is 2.27. The number of nitro benzene ring substituents is 1. The number of benzene rings is 1. The molecule has 0 spiro atoms. The molecule has 0 aliphatic carbocycles. The maximum absolute atomic E-state index is 12.0. The number of nitrogens with one attached hydrogen (secondary N) is 1. The van der Waals surface area contributed by atoms with Crippen LogP contribution in [0.5, 0.6) is 0 Å². The van der Waals surface area contributed by atoms with Crippen LogP contribution in [0.25, 0.3) is 0 Å². The predicted octanol–water partition coefficient (Wildman–Crippen LogP) is 2.11. The fraction of sp³-hybridized carbons (Fsp3) is 0.438. The minimum atomic E-state index is -0.994. The molecule has 142 valence electrons. The molecule has 1 rings (SSSR count). The van der Waals surface area contributed by atoms with E-state index in [1.807, 2.05) is 6.92 Å². The van der Waals surface area contributed by atoms with Gasteiger partial charge in [-0.3, -0.25) is 14.9 Å². The third-order valence-corrected chi connectivity index (χ3v) is 4.03. The molecule has 0 saturated heterocycles. The summed E-state index contributed by atoms with van der Waals surface area (Å²) < 4.78 is 9.46. The molecule has 0 unspecified atom stereocenters. The third kappa shape index (κ3) is 5.69. The van der Waals surface area contributed by atoms with Crippen molar-refractivity contribution in [3.8, 4) is 0 Å². The number of halogens is 1. The zero-order valence-corrected chi connectivity index (χ0v) is 15.2. The van der Waals surface area contributed by atoms with Crippen LogP contribution in [0.2, 0.25) is 5.02 Å². The van der Waals surface area contributed by atoms with E-state index in [-0.39, 0.29) is 22.2 Å². The van der Waals surface area contributed by atoms with Gasteiger partial charge in [-0.25, -0.2) is 9.59 Å². The summed E-state index contributed by atoms with van der Waals surface area (Å²) in [6, 6.07) is 2.40. The number of carbonyl (C=O) groups is 3. The van der Waals surface area contributed by atoms with Gasteiger partial charge in [0.25, 0.3) is 11.6 Å². The number of esters is 2. The lowest BCUT2D eigenvalue weighted by Crippen LogP contribution is -2.47. The molecule has 1 N–H and O–H groups in total. The highest BCUT2D eigenvalue weighted by atomic mass is 35.5. The second kappa shape index (κ2) is 9.71. The summed E-state index contributed by atoms with van der Waals surface area (Å²) in [7, 11) is 1.20. The van der Waals surface area contributed by atoms with Crippen LogP contribution in [0.15, 0.2) is 18.2 Å². The molecule has 0 aliphatic heterocycles. The number of rotatable bonds is 8. The minimum Gasteiger partial charge on any atom is -0.467 e. The number of ether oxygens (including phenoxy) is 2. The Morgan fingerprint density at radius 3 is 2.54 bits per heavy atom. The molecule has 1 aromatic carbocycles. The third-order valence-electron chi connectivity index (χ3n) is 3.70. The van der Waals surface area contributed by atoms with Crippen LogP contribution in [0.1, 0.15) is 30.6 Å². The van der Waals surface area contributed by atoms with Gasteiger partial charge >= 0.3 is 11.9 Å². The number of non-ortho nitro benzene ring substituents is 1. The summed E-state index contributed by atoms with van der Waals surface area (Å²) in [6.45, 7) is 2.93. The van der Waals surface area contributed by atoms with Gasteiger partial charge in [0.05, 0.1) is 22.6 Å². The van der Waals surface area contributed by atoms with Crippen LogP contribution in [-0.4, -0.2) is 42.5 Å².